The Kier molecular flexibility index (Phi) is 11.7. The highest BCUT2D eigenvalue weighted by atomic mass is 16.7. The molecule has 0 amide bonds. The Balaban J connectivity index is 2.92. The number of allylic oxidation sites excluding steroid dienone is 3. The first-order valence-electron chi connectivity index (χ1n) is 9.00. The molecule has 6 N–H and O–H groups in total. The summed E-state index contributed by atoms with van der Waals surface area (Å²) in [6.45, 7) is 1.22. The van der Waals surface area contributed by atoms with Crippen LogP contribution in [0.1, 0.15) is 19.8 Å². The minimum absolute atomic E-state index is 0.00543. The molecule has 0 spiro atoms. The van der Waals surface area contributed by atoms with Crippen molar-refractivity contribution in [1.82, 2.24) is 0 Å². The van der Waals surface area contributed by atoms with Crippen LogP contribution in [-0.2, 0) is 9.47 Å². The zero-order valence-corrected chi connectivity index (χ0v) is 15.7. The molecule has 7 atom stereocenters. The summed E-state index contributed by atoms with van der Waals surface area (Å²) < 4.78 is 10.9. The molecule has 1 rings (SSSR count). The van der Waals surface area contributed by atoms with Gasteiger partial charge in [0.2, 0.25) is 0 Å². The molecule has 0 aromatic carbocycles. The number of hydrogen-bond donors (Lipinski definition) is 6. The molecule has 8 nitrogen and oxygen atoms in total. The van der Waals surface area contributed by atoms with E-state index in [0.717, 1.165) is 0 Å². The van der Waals surface area contributed by atoms with Crippen molar-refractivity contribution in [3.8, 4) is 23.7 Å². The molecule has 0 saturated carbocycles. The number of ether oxygens (including phenoxy) is 2. The number of rotatable bonds is 8. The first-order chi connectivity index (χ1) is 13.5. The lowest BCUT2D eigenvalue weighted by atomic mass is 9.99. The van der Waals surface area contributed by atoms with Crippen molar-refractivity contribution in [3.05, 3.63) is 24.3 Å². The fraction of sp³-hybridized carbons (Fsp3) is 0.600. The Morgan fingerprint density at radius 3 is 2.50 bits per heavy atom. The van der Waals surface area contributed by atoms with Crippen LogP contribution in [0.25, 0.3) is 0 Å². The predicted molar refractivity (Wildman–Crippen MR) is 100 cm³/mol. The lowest BCUT2D eigenvalue weighted by Crippen LogP contribution is -2.60. The molecular weight excluding hydrogens is 368 g/mol. The molecular formula is C20H28O8. The van der Waals surface area contributed by atoms with Gasteiger partial charge in [-0.3, -0.25) is 0 Å². The lowest BCUT2D eigenvalue weighted by molar-refractivity contribution is -0.311. The van der Waals surface area contributed by atoms with Crippen molar-refractivity contribution in [1.29, 1.82) is 0 Å². The molecule has 1 aliphatic heterocycles. The van der Waals surface area contributed by atoms with Crippen molar-refractivity contribution in [3.63, 3.8) is 0 Å². The minimum Gasteiger partial charge on any atom is -0.396 e. The van der Waals surface area contributed by atoms with Crippen molar-refractivity contribution < 1.29 is 40.1 Å². The van der Waals surface area contributed by atoms with E-state index in [1.54, 1.807) is 25.2 Å². The van der Waals surface area contributed by atoms with Gasteiger partial charge < -0.3 is 40.1 Å². The maximum absolute atomic E-state index is 10.3. The number of aliphatic hydroxyl groups excluding tert-OH is 6. The molecule has 1 aliphatic rings. The number of unbranched alkanes of at least 4 members (excludes halogenated alkanes) is 1. The zero-order valence-electron chi connectivity index (χ0n) is 15.7. The quantitative estimate of drug-likeness (QED) is 0.165. The molecule has 0 unspecified atom stereocenters. The van der Waals surface area contributed by atoms with Gasteiger partial charge in [-0.1, -0.05) is 30.1 Å². The fourth-order valence-corrected chi connectivity index (χ4v) is 2.35. The smallest absolute Gasteiger partial charge is 0.187 e. The average Bonchev–Trinajstić information content (AvgIpc) is 2.69. The summed E-state index contributed by atoms with van der Waals surface area (Å²) >= 11 is 0. The third-order valence-corrected chi connectivity index (χ3v) is 3.91. The van der Waals surface area contributed by atoms with Crippen LogP contribution < -0.4 is 0 Å². The largest absolute Gasteiger partial charge is 0.396 e. The third kappa shape index (κ3) is 7.72. The summed E-state index contributed by atoms with van der Waals surface area (Å²) in [4.78, 5) is 0. The molecule has 1 heterocycles. The van der Waals surface area contributed by atoms with Crippen molar-refractivity contribution in [2.45, 2.75) is 62.7 Å². The predicted octanol–water partition coefficient (Wildman–Crippen LogP) is -1.56. The van der Waals surface area contributed by atoms with E-state index in [9.17, 15) is 25.5 Å². The standard InChI is InChI=1S/C20H28O8/c1-2-3-4-5-7-10-14(23)15(11-8-6-9-12-21)27-20-19(26)18(25)17(24)16(13-22)28-20/h2-3,8,11,14-26H,6,9,12-13H2,1H3/b3-2-,11-8-/t14-,15-,16+,17-,18-,19-,20+/m1/s1. The van der Waals surface area contributed by atoms with Crippen LogP contribution in [0.3, 0.4) is 0 Å². The average molecular weight is 396 g/mol. The third-order valence-electron chi connectivity index (χ3n) is 3.91. The van der Waals surface area contributed by atoms with Gasteiger partial charge in [-0.05, 0) is 37.7 Å². The lowest BCUT2D eigenvalue weighted by Gasteiger charge is -2.40. The van der Waals surface area contributed by atoms with Gasteiger partial charge in [0.05, 0.1) is 6.61 Å². The van der Waals surface area contributed by atoms with Gasteiger partial charge in [-0.25, -0.2) is 0 Å². The second-order valence-electron chi connectivity index (χ2n) is 6.08. The van der Waals surface area contributed by atoms with Gasteiger partial charge in [0.1, 0.15) is 36.6 Å². The first kappa shape index (κ1) is 24.3. The summed E-state index contributed by atoms with van der Waals surface area (Å²) in [7, 11) is 0. The second-order valence-corrected chi connectivity index (χ2v) is 6.08. The molecule has 0 aromatic rings. The Morgan fingerprint density at radius 2 is 1.86 bits per heavy atom. The maximum Gasteiger partial charge on any atom is 0.187 e. The highest BCUT2D eigenvalue weighted by Gasteiger charge is 2.45. The monoisotopic (exact) mass is 396 g/mol. The first-order valence-corrected chi connectivity index (χ1v) is 9.00. The Labute approximate surface area is 164 Å². The SMILES string of the molecule is C/C=C\C#CC#C[C@@H](O)[C@@H](/C=C\CCCO)O[C@H]1O[C@@H](CO)[C@@H](O)[C@@H](O)[C@H]1O. The van der Waals surface area contributed by atoms with Gasteiger partial charge in [0, 0.05) is 6.61 Å². The minimum atomic E-state index is -1.60. The molecule has 8 heteroatoms. The highest BCUT2D eigenvalue weighted by Crippen LogP contribution is 2.23. The summed E-state index contributed by atoms with van der Waals surface area (Å²) in [6.07, 6.45) is -2.07. The van der Waals surface area contributed by atoms with E-state index >= 15 is 0 Å². The van der Waals surface area contributed by atoms with Crippen LogP contribution in [0.15, 0.2) is 24.3 Å². The van der Waals surface area contributed by atoms with Crippen LogP contribution in [0.5, 0.6) is 0 Å². The van der Waals surface area contributed by atoms with Crippen molar-refractivity contribution in [2.75, 3.05) is 13.2 Å². The van der Waals surface area contributed by atoms with E-state index in [2.05, 4.69) is 23.7 Å². The molecule has 28 heavy (non-hydrogen) atoms. The highest BCUT2D eigenvalue weighted by molar-refractivity contribution is 5.32. The van der Waals surface area contributed by atoms with E-state index < -0.39 is 49.5 Å². The van der Waals surface area contributed by atoms with Crippen LogP contribution in [0.2, 0.25) is 0 Å². The summed E-state index contributed by atoms with van der Waals surface area (Å²) in [6, 6.07) is 0. The van der Waals surface area contributed by atoms with E-state index in [1.165, 1.54) is 6.08 Å². The topological polar surface area (TPSA) is 140 Å². The van der Waals surface area contributed by atoms with Crippen LogP contribution >= 0.6 is 0 Å². The van der Waals surface area contributed by atoms with Gasteiger partial charge in [0.15, 0.2) is 6.29 Å². The molecule has 0 aliphatic carbocycles. The zero-order chi connectivity index (χ0) is 20.9. The fourth-order valence-electron chi connectivity index (χ4n) is 2.35. The van der Waals surface area contributed by atoms with Gasteiger partial charge in [-0.15, -0.1) is 0 Å². The normalized spacial score (nSPS) is 29.8. The van der Waals surface area contributed by atoms with E-state index in [4.69, 9.17) is 14.6 Å². The van der Waals surface area contributed by atoms with Crippen molar-refractivity contribution >= 4 is 0 Å². The number of hydrogen-bond acceptors (Lipinski definition) is 8. The van der Waals surface area contributed by atoms with E-state index in [0.29, 0.717) is 12.8 Å². The Bertz CT molecular complexity index is 622. The molecule has 0 radical (unpaired) electrons. The van der Waals surface area contributed by atoms with Crippen LogP contribution in [0, 0.1) is 23.7 Å². The maximum atomic E-state index is 10.3. The molecule has 0 aromatic heterocycles. The van der Waals surface area contributed by atoms with Crippen LogP contribution in [0.4, 0.5) is 0 Å². The van der Waals surface area contributed by atoms with E-state index in [1.807, 2.05) is 0 Å². The van der Waals surface area contributed by atoms with Gasteiger partial charge in [-0.2, -0.15) is 0 Å². The summed E-state index contributed by atoms with van der Waals surface area (Å²) in [5.41, 5.74) is 0. The Hall–Kier alpha value is -1.72. The van der Waals surface area contributed by atoms with Gasteiger partial charge >= 0.3 is 0 Å². The Morgan fingerprint density at radius 1 is 1.11 bits per heavy atom. The van der Waals surface area contributed by atoms with E-state index in [-0.39, 0.29) is 6.61 Å². The molecule has 1 fully saturated rings. The van der Waals surface area contributed by atoms with Gasteiger partial charge in [0.25, 0.3) is 0 Å². The molecule has 1 saturated heterocycles. The summed E-state index contributed by atoms with van der Waals surface area (Å²) in [5, 5.41) is 58.2. The van der Waals surface area contributed by atoms with Crippen molar-refractivity contribution in [2.24, 2.45) is 0 Å². The molecule has 0 bridgehead atoms. The summed E-state index contributed by atoms with van der Waals surface area (Å²) in [5.74, 6) is 10.2. The molecule has 156 valence electrons. The van der Waals surface area contributed by atoms with Crippen LogP contribution in [-0.4, -0.2) is 86.8 Å². The number of aliphatic hydroxyl groups is 6. The second kappa shape index (κ2) is 13.5.